The topological polar surface area (TPSA) is 77.5 Å². The first-order valence-electron chi connectivity index (χ1n) is 6.31. The van der Waals surface area contributed by atoms with Crippen LogP contribution >= 0.6 is 0 Å². The van der Waals surface area contributed by atoms with Gasteiger partial charge in [0.05, 0.1) is 36.2 Å². The van der Waals surface area contributed by atoms with Crippen LogP contribution in [-0.4, -0.2) is 11.5 Å². The molecule has 106 valence electrons. The summed E-state index contributed by atoms with van der Waals surface area (Å²) in [6.45, 7) is 4.21. The van der Waals surface area contributed by atoms with Crippen molar-refractivity contribution in [2.45, 2.75) is 19.9 Å². The van der Waals surface area contributed by atoms with Crippen LogP contribution in [0, 0.1) is 10.1 Å². The number of hydrogen-bond acceptors (Lipinski definition) is 5. The van der Waals surface area contributed by atoms with Crippen LogP contribution in [0.5, 0.6) is 5.75 Å². The SMILES string of the molecule is CCOc1ccc(NC(C)c2ccoc2)c([N+](=O)[O-])c1. The van der Waals surface area contributed by atoms with Gasteiger partial charge in [0.25, 0.3) is 5.69 Å². The molecule has 1 atom stereocenters. The summed E-state index contributed by atoms with van der Waals surface area (Å²) < 4.78 is 10.3. The van der Waals surface area contributed by atoms with E-state index >= 15 is 0 Å². The number of furan rings is 1. The van der Waals surface area contributed by atoms with Crippen molar-refractivity contribution in [2.24, 2.45) is 0 Å². The number of anilines is 1. The number of hydrogen-bond donors (Lipinski definition) is 1. The lowest BCUT2D eigenvalue weighted by atomic mass is 10.1. The molecule has 0 saturated carbocycles. The highest BCUT2D eigenvalue weighted by Gasteiger charge is 2.17. The highest BCUT2D eigenvalue weighted by Crippen LogP contribution is 2.31. The van der Waals surface area contributed by atoms with E-state index in [9.17, 15) is 10.1 Å². The minimum atomic E-state index is -0.424. The third kappa shape index (κ3) is 3.09. The van der Waals surface area contributed by atoms with Crippen molar-refractivity contribution in [2.75, 3.05) is 11.9 Å². The molecule has 0 radical (unpaired) electrons. The number of nitrogens with one attached hydrogen (secondary N) is 1. The lowest BCUT2D eigenvalue weighted by Gasteiger charge is -2.14. The van der Waals surface area contributed by atoms with E-state index < -0.39 is 4.92 Å². The van der Waals surface area contributed by atoms with Gasteiger partial charge in [-0.05, 0) is 32.0 Å². The molecule has 0 saturated heterocycles. The van der Waals surface area contributed by atoms with Crippen molar-refractivity contribution in [3.05, 3.63) is 52.5 Å². The summed E-state index contributed by atoms with van der Waals surface area (Å²) in [5, 5.41) is 14.2. The highest BCUT2D eigenvalue weighted by atomic mass is 16.6. The van der Waals surface area contributed by atoms with Crippen LogP contribution in [0.4, 0.5) is 11.4 Å². The summed E-state index contributed by atoms with van der Waals surface area (Å²) in [5.41, 5.74) is 1.37. The van der Waals surface area contributed by atoms with Crippen molar-refractivity contribution in [3.63, 3.8) is 0 Å². The summed E-state index contributed by atoms with van der Waals surface area (Å²) in [7, 11) is 0. The first-order valence-corrected chi connectivity index (χ1v) is 6.31. The standard InChI is InChI=1S/C14H16N2O4/c1-3-20-12-4-5-13(14(8-12)16(17)18)15-10(2)11-6-7-19-9-11/h4-10,15H,3H2,1-2H3. The molecule has 0 aliphatic carbocycles. The summed E-state index contributed by atoms with van der Waals surface area (Å²) in [4.78, 5) is 10.7. The Morgan fingerprint density at radius 3 is 2.85 bits per heavy atom. The van der Waals surface area contributed by atoms with Gasteiger partial charge in [0, 0.05) is 5.56 Å². The lowest BCUT2D eigenvalue weighted by molar-refractivity contribution is -0.384. The van der Waals surface area contributed by atoms with Crippen LogP contribution in [0.2, 0.25) is 0 Å². The van der Waals surface area contributed by atoms with E-state index in [4.69, 9.17) is 9.15 Å². The van der Waals surface area contributed by atoms with Gasteiger partial charge < -0.3 is 14.5 Å². The van der Waals surface area contributed by atoms with Crippen molar-refractivity contribution < 1.29 is 14.1 Å². The molecule has 20 heavy (non-hydrogen) atoms. The van der Waals surface area contributed by atoms with Gasteiger partial charge in [-0.1, -0.05) is 0 Å². The maximum Gasteiger partial charge on any atom is 0.296 e. The third-order valence-corrected chi connectivity index (χ3v) is 2.89. The molecule has 0 fully saturated rings. The molecular formula is C14H16N2O4. The zero-order valence-corrected chi connectivity index (χ0v) is 11.3. The van der Waals surface area contributed by atoms with Crippen molar-refractivity contribution in [1.82, 2.24) is 0 Å². The molecule has 2 aromatic rings. The quantitative estimate of drug-likeness (QED) is 0.642. The molecule has 1 aromatic heterocycles. The number of benzene rings is 1. The molecule has 6 heteroatoms. The monoisotopic (exact) mass is 276 g/mol. The molecule has 0 aliphatic heterocycles. The van der Waals surface area contributed by atoms with Gasteiger partial charge >= 0.3 is 0 Å². The van der Waals surface area contributed by atoms with Gasteiger partial charge in [-0.15, -0.1) is 0 Å². The fourth-order valence-corrected chi connectivity index (χ4v) is 1.88. The second kappa shape index (κ2) is 6.10. The van der Waals surface area contributed by atoms with E-state index in [2.05, 4.69) is 5.32 Å². The number of rotatable bonds is 6. The Hall–Kier alpha value is -2.50. The van der Waals surface area contributed by atoms with Gasteiger partial charge in [-0.25, -0.2) is 0 Å². The van der Waals surface area contributed by atoms with E-state index in [-0.39, 0.29) is 11.7 Å². The van der Waals surface area contributed by atoms with Gasteiger partial charge in [0.1, 0.15) is 11.4 Å². The van der Waals surface area contributed by atoms with E-state index in [1.165, 1.54) is 6.07 Å². The normalized spacial score (nSPS) is 11.9. The Morgan fingerprint density at radius 1 is 1.45 bits per heavy atom. The average Bonchev–Trinajstić information content (AvgIpc) is 2.94. The number of nitro benzene ring substituents is 1. The summed E-state index contributed by atoms with van der Waals surface area (Å²) in [5.74, 6) is 0.487. The Bertz CT molecular complexity index is 581. The second-order valence-corrected chi connectivity index (χ2v) is 4.29. The van der Waals surface area contributed by atoms with Crippen LogP contribution < -0.4 is 10.1 Å². The largest absolute Gasteiger partial charge is 0.494 e. The van der Waals surface area contributed by atoms with Crippen LogP contribution in [0.1, 0.15) is 25.5 Å². The zero-order valence-electron chi connectivity index (χ0n) is 11.3. The van der Waals surface area contributed by atoms with Gasteiger partial charge in [-0.3, -0.25) is 10.1 Å². The predicted octanol–water partition coefficient (Wildman–Crippen LogP) is 3.76. The predicted molar refractivity (Wildman–Crippen MR) is 75.0 cm³/mol. The number of nitrogens with zero attached hydrogens (tertiary/aromatic N) is 1. The second-order valence-electron chi connectivity index (χ2n) is 4.29. The minimum Gasteiger partial charge on any atom is -0.494 e. The summed E-state index contributed by atoms with van der Waals surface area (Å²) in [6, 6.07) is 6.51. The van der Waals surface area contributed by atoms with Crippen LogP contribution in [-0.2, 0) is 0 Å². The average molecular weight is 276 g/mol. The van der Waals surface area contributed by atoms with E-state index in [1.807, 2.05) is 19.9 Å². The van der Waals surface area contributed by atoms with Crippen molar-refractivity contribution >= 4 is 11.4 Å². The molecule has 1 heterocycles. The first-order chi connectivity index (χ1) is 9.61. The van der Waals surface area contributed by atoms with Crippen LogP contribution in [0.25, 0.3) is 0 Å². The van der Waals surface area contributed by atoms with Crippen LogP contribution in [0.15, 0.2) is 41.2 Å². The van der Waals surface area contributed by atoms with Crippen molar-refractivity contribution in [3.8, 4) is 5.75 Å². The molecule has 0 bridgehead atoms. The van der Waals surface area contributed by atoms with Gasteiger partial charge in [0.15, 0.2) is 0 Å². The molecule has 0 amide bonds. The van der Waals surface area contributed by atoms with E-state index in [0.717, 1.165) is 5.56 Å². The molecule has 1 N–H and O–H groups in total. The summed E-state index contributed by atoms with van der Waals surface area (Å²) >= 11 is 0. The fourth-order valence-electron chi connectivity index (χ4n) is 1.88. The smallest absolute Gasteiger partial charge is 0.296 e. The minimum absolute atomic E-state index is 0.00806. The molecule has 0 aliphatic rings. The Labute approximate surface area is 116 Å². The zero-order chi connectivity index (χ0) is 14.5. The lowest BCUT2D eigenvalue weighted by Crippen LogP contribution is -2.07. The van der Waals surface area contributed by atoms with Gasteiger partial charge in [-0.2, -0.15) is 0 Å². The Morgan fingerprint density at radius 2 is 2.25 bits per heavy atom. The molecule has 1 aromatic carbocycles. The number of nitro groups is 1. The summed E-state index contributed by atoms with van der Waals surface area (Å²) in [6.07, 6.45) is 3.18. The first kappa shape index (κ1) is 13.9. The maximum absolute atomic E-state index is 11.1. The third-order valence-electron chi connectivity index (χ3n) is 2.89. The molecular weight excluding hydrogens is 260 g/mol. The van der Waals surface area contributed by atoms with E-state index in [0.29, 0.717) is 18.0 Å². The molecule has 2 rings (SSSR count). The Kier molecular flexibility index (Phi) is 4.24. The van der Waals surface area contributed by atoms with Crippen molar-refractivity contribution in [1.29, 1.82) is 0 Å². The highest BCUT2D eigenvalue weighted by molar-refractivity contribution is 5.64. The van der Waals surface area contributed by atoms with E-state index in [1.54, 1.807) is 24.7 Å². The maximum atomic E-state index is 11.1. The van der Waals surface area contributed by atoms with Gasteiger partial charge in [0.2, 0.25) is 0 Å². The Balaban J connectivity index is 2.24. The number of ether oxygens (including phenoxy) is 1. The van der Waals surface area contributed by atoms with Crippen LogP contribution in [0.3, 0.4) is 0 Å². The molecule has 1 unspecified atom stereocenters. The molecule has 6 nitrogen and oxygen atoms in total. The molecule has 0 spiro atoms. The fraction of sp³-hybridized carbons (Fsp3) is 0.286.